The minimum absolute atomic E-state index is 0.0817. The number of carbonyl (C=O) groups excluding carboxylic acids is 1. The smallest absolute Gasteiger partial charge is 0.276 e. The molecule has 1 aromatic carbocycles. The van der Waals surface area contributed by atoms with E-state index in [0.29, 0.717) is 17.9 Å². The van der Waals surface area contributed by atoms with Gasteiger partial charge in [-0.2, -0.15) is 5.10 Å². The fourth-order valence-corrected chi connectivity index (χ4v) is 3.05. The van der Waals surface area contributed by atoms with E-state index < -0.39 is 11.6 Å². The Balaban J connectivity index is 1.57. The van der Waals surface area contributed by atoms with E-state index >= 15 is 0 Å². The van der Waals surface area contributed by atoms with E-state index in [1.54, 1.807) is 28.9 Å². The standard InChI is InChI=1S/C19H16F2N4O2/c1-12-10-24(16-5-3-2-4-15(16)21)19(26)17-8-14(23-25(12)17)11-27-18-7-6-13(20)9-22-18/h2-9,12H,10-11H2,1H3/t12-/m1/s1. The number of rotatable bonds is 4. The summed E-state index contributed by atoms with van der Waals surface area (Å²) < 4.78 is 34.1. The Morgan fingerprint density at radius 1 is 1.22 bits per heavy atom. The van der Waals surface area contributed by atoms with Gasteiger partial charge in [-0.05, 0) is 31.2 Å². The summed E-state index contributed by atoms with van der Waals surface area (Å²) in [4.78, 5) is 18.1. The van der Waals surface area contributed by atoms with Gasteiger partial charge in [0.2, 0.25) is 5.88 Å². The fourth-order valence-electron chi connectivity index (χ4n) is 3.05. The van der Waals surface area contributed by atoms with Crippen molar-refractivity contribution in [3.05, 3.63) is 71.7 Å². The average Bonchev–Trinajstić information content (AvgIpc) is 3.10. The molecule has 0 fully saturated rings. The molecular formula is C19H16F2N4O2. The molecule has 27 heavy (non-hydrogen) atoms. The van der Waals surface area contributed by atoms with Crippen molar-refractivity contribution in [3.63, 3.8) is 0 Å². The fraction of sp³-hybridized carbons (Fsp3) is 0.211. The molecule has 2 aromatic heterocycles. The summed E-state index contributed by atoms with van der Waals surface area (Å²) in [6.45, 7) is 2.30. The van der Waals surface area contributed by atoms with E-state index in [9.17, 15) is 13.6 Å². The van der Waals surface area contributed by atoms with Crippen molar-refractivity contribution >= 4 is 11.6 Å². The normalized spacial score (nSPS) is 16.3. The summed E-state index contributed by atoms with van der Waals surface area (Å²) in [6, 6.07) is 10.3. The molecule has 4 rings (SSSR count). The van der Waals surface area contributed by atoms with Crippen LogP contribution in [0.25, 0.3) is 0 Å². The summed E-state index contributed by atoms with van der Waals surface area (Å²) in [7, 11) is 0. The Labute approximate surface area is 154 Å². The van der Waals surface area contributed by atoms with Gasteiger partial charge in [-0.25, -0.2) is 13.8 Å². The number of nitrogens with zero attached hydrogens (tertiary/aromatic N) is 4. The third kappa shape index (κ3) is 3.25. The highest BCUT2D eigenvalue weighted by molar-refractivity contribution is 6.06. The summed E-state index contributed by atoms with van der Waals surface area (Å²) in [5, 5.41) is 4.41. The number of pyridine rings is 1. The SMILES string of the molecule is C[C@@H]1CN(c2ccccc2F)C(=O)c2cc(COc3ccc(F)cn3)nn21. The molecule has 0 spiro atoms. The number of ether oxygens (including phenoxy) is 1. The number of halogens is 2. The Morgan fingerprint density at radius 3 is 2.78 bits per heavy atom. The number of hydrogen-bond acceptors (Lipinski definition) is 4. The largest absolute Gasteiger partial charge is 0.471 e. The van der Waals surface area contributed by atoms with Gasteiger partial charge in [-0.1, -0.05) is 12.1 Å². The number of anilines is 1. The molecule has 1 amide bonds. The predicted octanol–water partition coefficient (Wildman–Crippen LogP) is 3.36. The zero-order valence-corrected chi connectivity index (χ0v) is 14.5. The van der Waals surface area contributed by atoms with Gasteiger partial charge < -0.3 is 9.64 Å². The van der Waals surface area contributed by atoms with Crippen LogP contribution in [0.15, 0.2) is 48.7 Å². The minimum atomic E-state index is -0.451. The van der Waals surface area contributed by atoms with Gasteiger partial charge in [0, 0.05) is 12.6 Å². The molecule has 1 aliphatic heterocycles. The number of aromatic nitrogens is 3. The monoisotopic (exact) mass is 370 g/mol. The number of fused-ring (bicyclic) bond motifs is 1. The van der Waals surface area contributed by atoms with Crippen LogP contribution in [-0.4, -0.2) is 27.2 Å². The molecule has 138 valence electrons. The van der Waals surface area contributed by atoms with Crippen LogP contribution in [0.4, 0.5) is 14.5 Å². The van der Waals surface area contributed by atoms with Gasteiger partial charge in [0.25, 0.3) is 5.91 Å². The van der Waals surface area contributed by atoms with Gasteiger partial charge >= 0.3 is 0 Å². The number of amides is 1. The Morgan fingerprint density at radius 2 is 2.04 bits per heavy atom. The molecule has 0 N–H and O–H groups in total. The van der Waals surface area contributed by atoms with Crippen LogP contribution in [0.5, 0.6) is 5.88 Å². The lowest BCUT2D eigenvalue weighted by atomic mass is 10.1. The number of carbonyl (C=O) groups is 1. The van der Waals surface area contributed by atoms with Gasteiger partial charge in [0.15, 0.2) is 0 Å². The first-order chi connectivity index (χ1) is 13.0. The van der Waals surface area contributed by atoms with E-state index in [4.69, 9.17) is 4.74 Å². The second kappa shape index (κ2) is 6.79. The van der Waals surface area contributed by atoms with E-state index in [0.717, 1.165) is 6.20 Å². The maximum absolute atomic E-state index is 14.1. The maximum atomic E-state index is 14.1. The van der Waals surface area contributed by atoms with E-state index in [1.165, 1.54) is 23.1 Å². The molecule has 0 aliphatic carbocycles. The summed E-state index contributed by atoms with van der Waals surface area (Å²) in [5.74, 6) is -0.962. The lowest BCUT2D eigenvalue weighted by Crippen LogP contribution is -2.42. The topological polar surface area (TPSA) is 60.3 Å². The van der Waals surface area contributed by atoms with Gasteiger partial charge in [-0.15, -0.1) is 0 Å². The van der Waals surface area contributed by atoms with Crippen molar-refractivity contribution in [3.8, 4) is 5.88 Å². The zero-order valence-electron chi connectivity index (χ0n) is 14.5. The highest BCUT2D eigenvalue weighted by Gasteiger charge is 2.32. The van der Waals surface area contributed by atoms with Gasteiger partial charge in [0.1, 0.15) is 29.6 Å². The Bertz CT molecular complexity index is 988. The molecule has 0 saturated heterocycles. The first-order valence-electron chi connectivity index (χ1n) is 8.42. The summed E-state index contributed by atoms with van der Waals surface area (Å²) >= 11 is 0. The lowest BCUT2D eigenvalue weighted by molar-refractivity contribution is 0.0952. The summed E-state index contributed by atoms with van der Waals surface area (Å²) in [5.41, 5.74) is 1.14. The molecule has 3 heterocycles. The van der Waals surface area contributed by atoms with Crippen molar-refractivity contribution in [1.29, 1.82) is 0 Å². The maximum Gasteiger partial charge on any atom is 0.276 e. The van der Waals surface area contributed by atoms with Gasteiger partial charge in [-0.3, -0.25) is 9.48 Å². The minimum Gasteiger partial charge on any atom is -0.471 e. The molecule has 0 saturated carbocycles. The van der Waals surface area contributed by atoms with Crippen LogP contribution in [0.2, 0.25) is 0 Å². The van der Waals surface area contributed by atoms with Crippen molar-refractivity contribution < 1.29 is 18.3 Å². The second-order valence-corrected chi connectivity index (χ2v) is 6.29. The molecule has 8 heteroatoms. The quantitative estimate of drug-likeness (QED) is 0.707. The highest BCUT2D eigenvalue weighted by atomic mass is 19.1. The molecule has 0 bridgehead atoms. The van der Waals surface area contributed by atoms with Crippen LogP contribution in [0.1, 0.15) is 29.1 Å². The van der Waals surface area contributed by atoms with Crippen molar-refractivity contribution in [2.75, 3.05) is 11.4 Å². The van der Waals surface area contributed by atoms with E-state index in [-0.39, 0.29) is 30.1 Å². The molecule has 1 atom stereocenters. The Kier molecular flexibility index (Phi) is 4.31. The Hall–Kier alpha value is -3.29. The van der Waals surface area contributed by atoms with Crippen molar-refractivity contribution in [2.45, 2.75) is 19.6 Å². The highest BCUT2D eigenvalue weighted by Crippen LogP contribution is 2.28. The third-order valence-corrected chi connectivity index (χ3v) is 4.33. The first kappa shape index (κ1) is 17.1. The van der Waals surface area contributed by atoms with Crippen LogP contribution in [0, 0.1) is 11.6 Å². The molecule has 0 radical (unpaired) electrons. The lowest BCUT2D eigenvalue weighted by Gasteiger charge is -2.31. The molecule has 3 aromatic rings. The number of benzene rings is 1. The predicted molar refractivity (Wildman–Crippen MR) is 93.5 cm³/mol. The first-order valence-corrected chi connectivity index (χ1v) is 8.42. The molecule has 6 nitrogen and oxygen atoms in total. The van der Waals surface area contributed by atoms with Crippen LogP contribution >= 0.6 is 0 Å². The average molecular weight is 370 g/mol. The van der Waals surface area contributed by atoms with Crippen LogP contribution < -0.4 is 9.64 Å². The molecule has 1 aliphatic rings. The molecular weight excluding hydrogens is 354 g/mol. The van der Waals surface area contributed by atoms with E-state index in [2.05, 4.69) is 10.1 Å². The third-order valence-electron chi connectivity index (χ3n) is 4.33. The zero-order chi connectivity index (χ0) is 19.0. The van der Waals surface area contributed by atoms with Gasteiger partial charge in [0.05, 0.1) is 17.9 Å². The number of para-hydroxylation sites is 1. The number of hydrogen-bond donors (Lipinski definition) is 0. The second-order valence-electron chi connectivity index (χ2n) is 6.29. The van der Waals surface area contributed by atoms with Crippen molar-refractivity contribution in [2.24, 2.45) is 0 Å². The van der Waals surface area contributed by atoms with Crippen molar-refractivity contribution in [1.82, 2.24) is 14.8 Å². The van der Waals surface area contributed by atoms with E-state index in [1.807, 2.05) is 6.92 Å². The van der Waals surface area contributed by atoms with Crippen LogP contribution in [-0.2, 0) is 6.61 Å². The van der Waals surface area contributed by atoms with Crippen LogP contribution in [0.3, 0.4) is 0 Å². The molecule has 0 unspecified atom stereocenters. The summed E-state index contributed by atoms with van der Waals surface area (Å²) in [6.07, 6.45) is 1.06.